The van der Waals surface area contributed by atoms with Crippen molar-refractivity contribution in [2.45, 2.75) is 350 Å². The fraction of sp³-hybridized carbons (Fsp3) is 0.636. The number of benzene rings is 1. The molecule has 6 rings (SSSR count). The van der Waals surface area contributed by atoms with Gasteiger partial charge in [0.05, 0.1) is 36.5 Å². The zero-order chi connectivity index (χ0) is 68.8. The molecular formula is C88H130N2O2S5. The molecule has 0 saturated heterocycles. The predicted octanol–water partition coefficient (Wildman–Crippen LogP) is 31.5. The molecule has 0 unspecified atom stereocenters. The minimum atomic E-state index is 0.345. The molecule has 1 aromatic carbocycles. The van der Waals surface area contributed by atoms with Crippen LogP contribution in [0.15, 0.2) is 60.5 Å². The number of allylic oxidation sites excluding steroid dienone is 2. The number of hydrogen-bond donors (Lipinski definition) is 0. The molecule has 0 atom stereocenters. The molecule has 0 radical (unpaired) electrons. The Balaban J connectivity index is 1.36. The molecule has 0 N–H and O–H groups in total. The van der Waals surface area contributed by atoms with Gasteiger partial charge in [-0.2, -0.15) is 10.5 Å². The number of thiophene rings is 5. The fourth-order valence-electron chi connectivity index (χ4n) is 13.7. The molecule has 97 heavy (non-hydrogen) atoms. The van der Waals surface area contributed by atoms with E-state index in [0.29, 0.717) is 41.4 Å². The maximum Gasteiger partial charge on any atom is 0.128 e. The smallest absolute Gasteiger partial charge is 0.128 e. The molecule has 5 aromatic heterocycles. The molecule has 0 spiro atoms. The van der Waals surface area contributed by atoms with E-state index in [1.807, 2.05) is 46.1 Å². The minimum Gasteiger partial charge on any atom is -0.493 e. The Labute approximate surface area is 613 Å². The summed E-state index contributed by atoms with van der Waals surface area (Å²) in [7, 11) is 0. The lowest BCUT2D eigenvalue weighted by molar-refractivity contribution is 0.295. The van der Waals surface area contributed by atoms with Crippen LogP contribution in [-0.4, -0.2) is 13.2 Å². The quantitative estimate of drug-likeness (QED) is 0.0282. The van der Waals surface area contributed by atoms with E-state index in [1.54, 1.807) is 11.1 Å². The third-order valence-corrected chi connectivity index (χ3v) is 25.9. The first kappa shape index (κ1) is 81.7. The van der Waals surface area contributed by atoms with Gasteiger partial charge in [-0.05, 0) is 146 Å². The van der Waals surface area contributed by atoms with Gasteiger partial charge in [-0.15, -0.1) is 56.7 Å². The fourth-order valence-corrected chi connectivity index (χ4v) is 19.8. The van der Waals surface area contributed by atoms with Gasteiger partial charge >= 0.3 is 0 Å². The lowest BCUT2D eigenvalue weighted by atomic mass is 9.98. The average Bonchev–Trinajstić information content (AvgIpc) is 1.68. The number of nitrogens with zero attached hydrogens (tertiary/aromatic N) is 2. The Morgan fingerprint density at radius 3 is 1.10 bits per heavy atom. The van der Waals surface area contributed by atoms with Gasteiger partial charge in [0, 0.05) is 55.0 Å². The Kier molecular flexibility index (Phi) is 43.0. The normalized spacial score (nSPS) is 11.7. The van der Waals surface area contributed by atoms with Crippen molar-refractivity contribution in [2.24, 2.45) is 0 Å². The van der Waals surface area contributed by atoms with Gasteiger partial charge in [-0.3, -0.25) is 0 Å². The van der Waals surface area contributed by atoms with Gasteiger partial charge in [0.25, 0.3) is 0 Å². The zero-order valence-corrected chi connectivity index (χ0v) is 66.2. The van der Waals surface area contributed by atoms with Crippen molar-refractivity contribution in [3.05, 3.63) is 98.7 Å². The van der Waals surface area contributed by atoms with Crippen LogP contribution >= 0.6 is 56.7 Å². The number of aryl methyl sites for hydroxylation is 4. The van der Waals surface area contributed by atoms with Crippen molar-refractivity contribution in [3.8, 4) is 62.7 Å². The zero-order valence-electron chi connectivity index (χ0n) is 62.1. The van der Waals surface area contributed by atoms with Gasteiger partial charge in [0.15, 0.2) is 0 Å². The van der Waals surface area contributed by atoms with E-state index in [4.69, 9.17) is 9.47 Å². The molecule has 9 heteroatoms. The van der Waals surface area contributed by atoms with Crippen LogP contribution in [0.3, 0.4) is 0 Å². The third-order valence-electron chi connectivity index (χ3n) is 19.6. The van der Waals surface area contributed by atoms with Crippen LogP contribution < -0.4 is 9.47 Å². The van der Waals surface area contributed by atoms with Crippen molar-refractivity contribution in [1.82, 2.24) is 0 Å². The Bertz CT molecular complexity index is 3180. The van der Waals surface area contributed by atoms with Gasteiger partial charge in [-0.25, -0.2) is 0 Å². The maximum absolute atomic E-state index is 11.4. The van der Waals surface area contributed by atoms with Crippen LogP contribution in [0.5, 0.6) is 11.5 Å². The van der Waals surface area contributed by atoms with Crippen molar-refractivity contribution in [2.75, 3.05) is 13.2 Å². The summed E-state index contributed by atoms with van der Waals surface area (Å²) in [4.78, 5) is 12.5. The van der Waals surface area contributed by atoms with Crippen LogP contribution in [-0.2, 0) is 25.7 Å². The summed E-state index contributed by atoms with van der Waals surface area (Å²) < 4.78 is 13.4. The molecule has 0 amide bonds. The lowest BCUT2D eigenvalue weighted by Gasteiger charge is -2.17. The van der Waals surface area contributed by atoms with Crippen molar-refractivity contribution in [3.63, 3.8) is 0 Å². The van der Waals surface area contributed by atoms with Crippen LogP contribution in [0.4, 0.5) is 0 Å². The number of unbranched alkanes of at least 4 members (excludes halogenated alkanes) is 38. The van der Waals surface area contributed by atoms with Crippen molar-refractivity contribution in [1.29, 1.82) is 10.5 Å². The second-order valence-corrected chi connectivity index (χ2v) is 33.3. The highest BCUT2D eigenvalue weighted by Gasteiger charge is 2.24. The molecule has 6 aromatic rings. The molecular weight excluding hydrogens is 1280 g/mol. The first-order valence-electron chi connectivity index (χ1n) is 40.0. The van der Waals surface area contributed by atoms with E-state index >= 15 is 0 Å². The number of hydrogen-bond acceptors (Lipinski definition) is 9. The van der Waals surface area contributed by atoms with E-state index in [-0.39, 0.29) is 0 Å². The Hall–Kier alpha value is -4.22. The van der Waals surface area contributed by atoms with Crippen LogP contribution in [0.1, 0.15) is 362 Å². The van der Waals surface area contributed by atoms with Crippen molar-refractivity contribution < 1.29 is 9.47 Å². The van der Waals surface area contributed by atoms with E-state index in [0.717, 1.165) is 61.8 Å². The summed E-state index contributed by atoms with van der Waals surface area (Å²) in [6, 6.07) is 23.8. The highest BCUT2D eigenvalue weighted by atomic mass is 32.1. The SMILES string of the molecule is C=C(C#N)c1cc(OCCCCCCCCCCCC)c(/C(C#N)=C/c2cc(CCCCCCCC)c(-c3ccc(-c4sc(-c5sc(-c6sccc6CCCCCCCC)cc5CCCCCCCC)cc4CCCCCCCC)s3)s2)cc1OCCCCCCCCCCCC. The monoisotopic (exact) mass is 1410 g/mol. The van der Waals surface area contributed by atoms with E-state index in [9.17, 15) is 10.5 Å². The molecule has 5 heterocycles. The molecule has 0 saturated carbocycles. The first-order chi connectivity index (χ1) is 47.8. The molecule has 0 bridgehead atoms. The highest BCUT2D eigenvalue weighted by Crippen LogP contribution is 2.50. The largest absolute Gasteiger partial charge is 0.493 e. The van der Waals surface area contributed by atoms with Crippen LogP contribution in [0.25, 0.3) is 56.2 Å². The number of nitriles is 2. The van der Waals surface area contributed by atoms with Crippen LogP contribution in [0, 0.1) is 22.7 Å². The second kappa shape index (κ2) is 51.0. The van der Waals surface area contributed by atoms with Crippen molar-refractivity contribution >= 4 is 73.9 Å². The summed E-state index contributed by atoms with van der Waals surface area (Å²) in [6.07, 6.45) is 62.5. The first-order valence-corrected chi connectivity index (χ1v) is 44.2. The number of rotatable bonds is 59. The summed E-state index contributed by atoms with van der Waals surface area (Å²) >= 11 is 9.91. The summed E-state index contributed by atoms with van der Waals surface area (Å²) in [5.74, 6) is 1.22. The molecule has 0 fully saturated rings. The maximum atomic E-state index is 11.4. The number of ether oxygens (including phenoxy) is 2. The van der Waals surface area contributed by atoms with Crippen LogP contribution in [0.2, 0.25) is 0 Å². The molecule has 534 valence electrons. The second-order valence-electron chi connectivity index (χ2n) is 28.1. The summed E-state index contributed by atoms with van der Waals surface area (Å²) in [6.45, 7) is 19.1. The standard InChI is InChI=1S/C88H130N2O2S5/c1-8-14-20-26-32-34-36-38-44-50-59-91-79-67-78(80(66-77(79)70(7)68-89)92-60-51-45-39-37-35-33-27-21-15-9-2)75(69-90)63-76-62-72(53-47-41-29-23-17-11-4)86(94-76)81-56-57-82(95-81)87-73(54-48-42-30-24-18-12-5)65-84(97-87)88-74(55-49-43-31-25-19-13-6)64-83(96-88)85-71(58-61-93-85)52-46-40-28-22-16-10-3/h56-58,61-67H,7-55,59-60H2,1-6H3/b75-63+. The molecule has 0 aliphatic rings. The van der Waals surface area contributed by atoms with E-state index < -0.39 is 0 Å². The molecule has 0 aliphatic carbocycles. The van der Waals surface area contributed by atoms with Gasteiger partial charge < -0.3 is 9.47 Å². The molecule has 0 aliphatic heterocycles. The summed E-state index contributed by atoms with van der Waals surface area (Å²) in [5.41, 5.74) is 8.27. The third kappa shape index (κ3) is 30.1. The highest BCUT2D eigenvalue weighted by molar-refractivity contribution is 7.30. The Morgan fingerprint density at radius 1 is 0.351 bits per heavy atom. The lowest BCUT2D eigenvalue weighted by Crippen LogP contribution is -2.05. The van der Waals surface area contributed by atoms with Gasteiger partial charge in [0.2, 0.25) is 0 Å². The predicted molar refractivity (Wildman–Crippen MR) is 435 cm³/mol. The molecule has 4 nitrogen and oxygen atoms in total. The average molecular weight is 1410 g/mol. The minimum absolute atomic E-state index is 0.345. The van der Waals surface area contributed by atoms with Gasteiger partial charge in [-0.1, -0.05) is 292 Å². The topological polar surface area (TPSA) is 66.0 Å². The summed E-state index contributed by atoms with van der Waals surface area (Å²) in [5, 5.41) is 24.0. The van der Waals surface area contributed by atoms with Gasteiger partial charge in [0.1, 0.15) is 11.5 Å². The van der Waals surface area contributed by atoms with E-state index in [2.05, 4.69) is 131 Å². The van der Waals surface area contributed by atoms with E-state index in [1.165, 1.54) is 307 Å². The Morgan fingerprint density at radius 2 is 0.691 bits per heavy atom.